The number of rotatable bonds is 1. The molecule has 0 amide bonds. The third-order valence-corrected chi connectivity index (χ3v) is 1.85. The lowest BCUT2D eigenvalue weighted by atomic mass is 10.1. The van der Waals surface area contributed by atoms with Crippen molar-refractivity contribution in [1.29, 1.82) is 0 Å². The molecule has 1 aliphatic rings. The Kier molecular flexibility index (Phi) is 2.09. The van der Waals surface area contributed by atoms with Gasteiger partial charge in [0.15, 0.2) is 0 Å². The molecule has 0 saturated carbocycles. The molecular weight excluding hydrogens is 114 g/mol. The van der Waals surface area contributed by atoms with Crippen molar-refractivity contribution in [3.05, 3.63) is 0 Å². The molecule has 1 saturated heterocycles. The van der Waals surface area contributed by atoms with Gasteiger partial charge in [0.1, 0.15) is 0 Å². The van der Waals surface area contributed by atoms with Crippen LogP contribution >= 0.6 is 0 Å². The molecule has 1 heterocycles. The number of nitrogens with two attached hydrogens (primary N) is 1. The van der Waals surface area contributed by atoms with Crippen LogP contribution in [0.2, 0.25) is 0 Å². The van der Waals surface area contributed by atoms with Crippen molar-refractivity contribution < 1.29 is 4.74 Å². The monoisotopic (exact) mass is 129 g/mol. The largest absolute Gasteiger partial charge is 0.374 e. The van der Waals surface area contributed by atoms with E-state index in [1.54, 1.807) is 0 Å². The molecule has 1 unspecified atom stereocenters. The maximum atomic E-state index is 5.63. The van der Waals surface area contributed by atoms with Crippen molar-refractivity contribution >= 4 is 0 Å². The molecule has 9 heavy (non-hydrogen) atoms. The van der Waals surface area contributed by atoms with E-state index in [2.05, 4.69) is 6.92 Å². The molecule has 1 rings (SSSR count). The van der Waals surface area contributed by atoms with Crippen molar-refractivity contribution in [3.63, 3.8) is 0 Å². The third kappa shape index (κ3) is 1.66. The van der Waals surface area contributed by atoms with Crippen LogP contribution in [0.4, 0.5) is 0 Å². The Morgan fingerprint density at radius 2 is 2.22 bits per heavy atom. The van der Waals surface area contributed by atoms with Gasteiger partial charge in [0, 0.05) is 6.04 Å². The molecule has 1 aliphatic heterocycles. The van der Waals surface area contributed by atoms with Gasteiger partial charge in [0.05, 0.1) is 12.2 Å². The fraction of sp³-hybridized carbons (Fsp3) is 1.00. The first-order chi connectivity index (χ1) is 4.20. The molecule has 2 nitrogen and oxygen atoms in total. The van der Waals surface area contributed by atoms with E-state index in [0.717, 1.165) is 6.42 Å². The van der Waals surface area contributed by atoms with Crippen LogP contribution in [0, 0.1) is 0 Å². The minimum absolute atomic E-state index is 0.204. The molecule has 54 valence electrons. The van der Waals surface area contributed by atoms with Gasteiger partial charge >= 0.3 is 0 Å². The Bertz CT molecular complexity index is 92.9. The zero-order chi connectivity index (χ0) is 6.85. The number of hydrogen-bond acceptors (Lipinski definition) is 2. The highest BCUT2D eigenvalue weighted by Crippen LogP contribution is 2.20. The first-order valence-electron chi connectivity index (χ1n) is 3.61. The Labute approximate surface area is 56.4 Å². The quantitative estimate of drug-likeness (QED) is 0.571. The minimum atomic E-state index is 0.204. The third-order valence-electron chi connectivity index (χ3n) is 1.85. The molecule has 0 aliphatic carbocycles. The van der Waals surface area contributed by atoms with Gasteiger partial charge in [0.25, 0.3) is 0 Å². The second-order valence-electron chi connectivity index (χ2n) is 2.92. The van der Waals surface area contributed by atoms with Gasteiger partial charge in [-0.15, -0.1) is 0 Å². The summed E-state index contributed by atoms with van der Waals surface area (Å²) in [7, 11) is 0. The van der Waals surface area contributed by atoms with Crippen LogP contribution in [-0.4, -0.2) is 18.2 Å². The molecule has 1 fully saturated rings. The van der Waals surface area contributed by atoms with Crippen LogP contribution < -0.4 is 5.73 Å². The van der Waals surface area contributed by atoms with E-state index in [-0.39, 0.29) is 6.04 Å². The first-order valence-corrected chi connectivity index (χ1v) is 3.61. The van der Waals surface area contributed by atoms with E-state index < -0.39 is 0 Å². The second kappa shape index (κ2) is 2.67. The Morgan fingerprint density at radius 1 is 1.56 bits per heavy atom. The molecule has 3 atom stereocenters. The van der Waals surface area contributed by atoms with Crippen LogP contribution in [-0.2, 0) is 4.74 Å². The summed E-state index contributed by atoms with van der Waals surface area (Å²) in [5.74, 6) is 0. The van der Waals surface area contributed by atoms with E-state index in [1.165, 1.54) is 6.42 Å². The summed E-state index contributed by atoms with van der Waals surface area (Å²) in [6.07, 6.45) is 3.06. The van der Waals surface area contributed by atoms with Gasteiger partial charge in [-0.1, -0.05) is 0 Å². The van der Waals surface area contributed by atoms with Gasteiger partial charge < -0.3 is 10.5 Å². The molecule has 0 aromatic rings. The van der Waals surface area contributed by atoms with Crippen molar-refractivity contribution in [2.24, 2.45) is 5.73 Å². The first kappa shape index (κ1) is 7.03. The Hall–Kier alpha value is -0.0800. The second-order valence-corrected chi connectivity index (χ2v) is 2.92. The van der Waals surface area contributed by atoms with Crippen LogP contribution in [0.1, 0.15) is 26.7 Å². The molecule has 0 aromatic heterocycles. The molecule has 0 aromatic carbocycles. The van der Waals surface area contributed by atoms with Gasteiger partial charge in [-0.25, -0.2) is 0 Å². The maximum Gasteiger partial charge on any atom is 0.0727 e. The predicted molar refractivity (Wildman–Crippen MR) is 37.2 cm³/mol. The normalized spacial score (nSPS) is 39.0. The Morgan fingerprint density at radius 3 is 2.44 bits per heavy atom. The fourth-order valence-electron chi connectivity index (χ4n) is 1.22. The van der Waals surface area contributed by atoms with E-state index >= 15 is 0 Å². The maximum absolute atomic E-state index is 5.63. The molecule has 0 spiro atoms. The SMILES string of the molecule is C[C@@H]1CCC([C@@H](C)N)O1. The lowest BCUT2D eigenvalue weighted by Gasteiger charge is -2.13. The summed E-state index contributed by atoms with van der Waals surface area (Å²) in [5, 5.41) is 0. The van der Waals surface area contributed by atoms with Crippen molar-refractivity contribution in [1.82, 2.24) is 0 Å². The predicted octanol–water partition coefficient (Wildman–Crippen LogP) is 0.901. The summed E-state index contributed by atoms with van der Waals surface area (Å²) >= 11 is 0. The summed E-state index contributed by atoms with van der Waals surface area (Å²) in [5.41, 5.74) is 5.63. The average molecular weight is 129 g/mol. The van der Waals surface area contributed by atoms with Gasteiger partial charge in [-0.3, -0.25) is 0 Å². The van der Waals surface area contributed by atoms with Gasteiger partial charge in [-0.2, -0.15) is 0 Å². The summed E-state index contributed by atoms with van der Waals surface area (Å²) in [6.45, 7) is 4.10. The standard InChI is InChI=1S/C7H15NO/c1-5-3-4-7(9-5)6(2)8/h5-7H,3-4,8H2,1-2H3/t5-,6-,7?/m1/s1. The highest BCUT2D eigenvalue weighted by Gasteiger charge is 2.24. The number of ether oxygens (including phenoxy) is 1. The molecular formula is C7H15NO. The highest BCUT2D eigenvalue weighted by molar-refractivity contribution is 4.76. The van der Waals surface area contributed by atoms with Gasteiger partial charge in [-0.05, 0) is 26.7 Å². The average Bonchev–Trinajstić information content (AvgIpc) is 2.14. The van der Waals surface area contributed by atoms with E-state index in [1.807, 2.05) is 6.92 Å². The highest BCUT2D eigenvalue weighted by atomic mass is 16.5. The zero-order valence-electron chi connectivity index (χ0n) is 6.13. The summed E-state index contributed by atoms with van der Waals surface area (Å²) in [4.78, 5) is 0. The van der Waals surface area contributed by atoms with Crippen molar-refractivity contribution in [2.75, 3.05) is 0 Å². The number of hydrogen-bond donors (Lipinski definition) is 1. The van der Waals surface area contributed by atoms with E-state index in [9.17, 15) is 0 Å². The molecule has 2 heteroatoms. The lowest BCUT2D eigenvalue weighted by Crippen LogP contribution is -2.31. The fourth-order valence-corrected chi connectivity index (χ4v) is 1.22. The topological polar surface area (TPSA) is 35.2 Å². The summed E-state index contributed by atoms with van der Waals surface area (Å²) < 4.78 is 5.50. The lowest BCUT2D eigenvalue weighted by molar-refractivity contribution is 0.0439. The van der Waals surface area contributed by atoms with Crippen LogP contribution in [0.25, 0.3) is 0 Å². The molecule has 0 bridgehead atoms. The molecule has 0 radical (unpaired) electrons. The minimum Gasteiger partial charge on any atom is -0.374 e. The van der Waals surface area contributed by atoms with E-state index in [0.29, 0.717) is 12.2 Å². The van der Waals surface area contributed by atoms with Crippen molar-refractivity contribution in [3.8, 4) is 0 Å². The van der Waals surface area contributed by atoms with Crippen LogP contribution in [0.15, 0.2) is 0 Å². The smallest absolute Gasteiger partial charge is 0.0727 e. The van der Waals surface area contributed by atoms with Gasteiger partial charge in [0.2, 0.25) is 0 Å². The van der Waals surface area contributed by atoms with Crippen molar-refractivity contribution in [2.45, 2.75) is 44.9 Å². The zero-order valence-corrected chi connectivity index (χ0v) is 6.13. The van der Waals surface area contributed by atoms with E-state index in [4.69, 9.17) is 10.5 Å². The molecule has 2 N–H and O–H groups in total. The summed E-state index contributed by atoms with van der Waals surface area (Å²) in [6, 6.07) is 0.204. The van der Waals surface area contributed by atoms with Crippen LogP contribution in [0.5, 0.6) is 0 Å². The Balaban J connectivity index is 2.30. The van der Waals surface area contributed by atoms with Crippen LogP contribution in [0.3, 0.4) is 0 Å².